The molecule has 0 fully saturated rings. The quantitative estimate of drug-likeness (QED) is 0.736. The first-order chi connectivity index (χ1) is 6.00. The average Bonchev–Trinajstić information content (AvgIpc) is 2.31. The first-order valence-electron chi connectivity index (χ1n) is 3.66. The molecule has 0 spiro atoms. The second kappa shape index (κ2) is 4.31. The predicted molar refractivity (Wildman–Crippen MR) is 54.9 cm³/mol. The van der Waals surface area contributed by atoms with Crippen LogP contribution in [-0.4, -0.2) is 12.1 Å². The molecule has 13 heavy (non-hydrogen) atoms. The van der Waals surface area contributed by atoms with E-state index in [2.05, 4.69) is 0 Å². The highest BCUT2D eigenvalue weighted by Gasteiger charge is 2.14. The summed E-state index contributed by atoms with van der Waals surface area (Å²) < 4.78 is 5.37. The molecule has 72 valence electrons. The number of hydrogen-bond donors (Lipinski definition) is 0. The van der Waals surface area contributed by atoms with E-state index in [-0.39, 0.29) is 12.1 Å². The van der Waals surface area contributed by atoms with Crippen molar-refractivity contribution in [3.05, 3.63) is 20.3 Å². The third-order valence-electron chi connectivity index (χ3n) is 1.19. The zero-order valence-corrected chi connectivity index (χ0v) is 9.46. The number of esters is 1. The summed E-state index contributed by atoms with van der Waals surface area (Å²) in [5, 5.41) is 0.391. The SMILES string of the molecule is CC(C)OC(=O)c1cc(Cl)c(Cl)s1. The van der Waals surface area contributed by atoms with Gasteiger partial charge in [-0.05, 0) is 19.9 Å². The predicted octanol–water partition coefficient (Wildman–Crippen LogP) is 3.62. The van der Waals surface area contributed by atoms with Crippen LogP contribution < -0.4 is 0 Å². The molecule has 5 heteroatoms. The van der Waals surface area contributed by atoms with E-state index < -0.39 is 0 Å². The van der Waals surface area contributed by atoms with Crippen molar-refractivity contribution in [2.24, 2.45) is 0 Å². The van der Waals surface area contributed by atoms with Crippen LogP contribution in [0.2, 0.25) is 9.36 Å². The molecule has 0 amide bonds. The molecule has 2 nitrogen and oxygen atoms in total. The van der Waals surface area contributed by atoms with E-state index in [4.69, 9.17) is 27.9 Å². The van der Waals surface area contributed by atoms with Gasteiger partial charge in [-0.25, -0.2) is 4.79 Å². The standard InChI is InChI=1S/C8H8Cl2O2S/c1-4(2)12-8(11)6-3-5(9)7(10)13-6/h3-4H,1-2H3. The number of ether oxygens (including phenoxy) is 1. The van der Waals surface area contributed by atoms with Crippen LogP contribution >= 0.6 is 34.5 Å². The second-order valence-corrected chi connectivity index (χ2v) is 4.75. The fourth-order valence-corrected chi connectivity index (χ4v) is 1.97. The van der Waals surface area contributed by atoms with Gasteiger partial charge in [-0.2, -0.15) is 0 Å². The fraction of sp³-hybridized carbons (Fsp3) is 0.375. The lowest BCUT2D eigenvalue weighted by molar-refractivity contribution is 0.0384. The molecule has 0 aliphatic rings. The van der Waals surface area contributed by atoms with Crippen LogP contribution in [0.1, 0.15) is 23.5 Å². The number of rotatable bonds is 2. The topological polar surface area (TPSA) is 26.3 Å². The fourth-order valence-electron chi connectivity index (χ4n) is 0.719. The average molecular weight is 239 g/mol. The van der Waals surface area contributed by atoms with Crippen molar-refractivity contribution in [3.63, 3.8) is 0 Å². The molecule has 1 aromatic rings. The number of hydrogen-bond acceptors (Lipinski definition) is 3. The number of halogens is 2. The van der Waals surface area contributed by atoms with E-state index in [0.717, 1.165) is 11.3 Å². The van der Waals surface area contributed by atoms with Gasteiger partial charge in [0.2, 0.25) is 0 Å². The van der Waals surface area contributed by atoms with Gasteiger partial charge in [-0.1, -0.05) is 23.2 Å². The van der Waals surface area contributed by atoms with Crippen molar-refractivity contribution in [1.82, 2.24) is 0 Å². The van der Waals surface area contributed by atoms with Crippen molar-refractivity contribution in [3.8, 4) is 0 Å². The summed E-state index contributed by atoms with van der Waals surface area (Å²) in [6, 6.07) is 1.51. The Morgan fingerprint density at radius 3 is 2.54 bits per heavy atom. The van der Waals surface area contributed by atoms with E-state index in [1.807, 2.05) is 0 Å². The van der Waals surface area contributed by atoms with Gasteiger partial charge in [0.05, 0.1) is 11.1 Å². The van der Waals surface area contributed by atoms with Gasteiger partial charge in [-0.3, -0.25) is 0 Å². The molecule has 1 aromatic heterocycles. The molecule has 0 N–H and O–H groups in total. The summed E-state index contributed by atoms with van der Waals surface area (Å²) in [4.78, 5) is 11.7. The minimum atomic E-state index is -0.381. The minimum absolute atomic E-state index is 0.132. The first-order valence-corrected chi connectivity index (χ1v) is 5.23. The van der Waals surface area contributed by atoms with Gasteiger partial charge in [-0.15, -0.1) is 11.3 Å². The molecule has 0 radical (unpaired) electrons. The van der Waals surface area contributed by atoms with Crippen LogP contribution in [0.3, 0.4) is 0 Å². The Balaban J connectivity index is 2.77. The molecule has 0 saturated carbocycles. The normalized spacial score (nSPS) is 10.5. The maximum absolute atomic E-state index is 11.3. The van der Waals surface area contributed by atoms with Crippen LogP contribution in [0, 0.1) is 0 Å². The van der Waals surface area contributed by atoms with E-state index in [1.54, 1.807) is 13.8 Å². The van der Waals surface area contributed by atoms with Crippen molar-refractivity contribution in [2.75, 3.05) is 0 Å². The summed E-state index contributed by atoms with van der Waals surface area (Å²) in [7, 11) is 0. The lowest BCUT2D eigenvalue weighted by Gasteiger charge is -2.04. The van der Waals surface area contributed by atoms with Crippen molar-refractivity contribution >= 4 is 40.5 Å². The smallest absolute Gasteiger partial charge is 0.348 e. The Hall–Kier alpha value is -0.250. The first kappa shape index (κ1) is 10.8. The molecule has 0 unspecified atom stereocenters. The Labute approximate surface area is 90.4 Å². The van der Waals surface area contributed by atoms with Gasteiger partial charge in [0.25, 0.3) is 0 Å². The van der Waals surface area contributed by atoms with Gasteiger partial charge in [0.15, 0.2) is 0 Å². The molecule has 0 saturated heterocycles. The Morgan fingerprint density at radius 1 is 1.54 bits per heavy atom. The Morgan fingerprint density at radius 2 is 2.15 bits per heavy atom. The van der Waals surface area contributed by atoms with Crippen LogP contribution in [0.5, 0.6) is 0 Å². The molecular formula is C8H8Cl2O2S. The largest absolute Gasteiger partial charge is 0.459 e. The van der Waals surface area contributed by atoms with Crippen LogP contribution in [-0.2, 0) is 4.74 Å². The van der Waals surface area contributed by atoms with Crippen LogP contribution in [0.25, 0.3) is 0 Å². The summed E-state index contributed by atoms with van der Waals surface area (Å²) in [5.74, 6) is -0.381. The molecule has 1 rings (SSSR count). The zero-order chi connectivity index (χ0) is 10.0. The van der Waals surface area contributed by atoms with Crippen molar-refractivity contribution in [1.29, 1.82) is 0 Å². The van der Waals surface area contributed by atoms with E-state index in [1.165, 1.54) is 6.07 Å². The molecular weight excluding hydrogens is 231 g/mol. The highest BCUT2D eigenvalue weighted by Crippen LogP contribution is 2.31. The van der Waals surface area contributed by atoms with Gasteiger partial charge in [0, 0.05) is 0 Å². The zero-order valence-electron chi connectivity index (χ0n) is 7.14. The van der Waals surface area contributed by atoms with Gasteiger partial charge in [0.1, 0.15) is 9.21 Å². The third-order valence-corrected chi connectivity index (χ3v) is 3.03. The molecule has 0 atom stereocenters. The van der Waals surface area contributed by atoms with E-state index in [0.29, 0.717) is 14.2 Å². The monoisotopic (exact) mass is 238 g/mol. The summed E-state index contributed by atoms with van der Waals surface area (Å²) >= 11 is 12.5. The highest BCUT2D eigenvalue weighted by molar-refractivity contribution is 7.18. The summed E-state index contributed by atoms with van der Waals surface area (Å²) in [6.45, 7) is 3.57. The van der Waals surface area contributed by atoms with Crippen LogP contribution in [0.4, 0.5) is 0 Å². The Bertz CT molecular complexity index is 300. The molecule has 0 aromatic carbocycles. The molecule has 0 aliphatic heterocycles. The van der Waals surface area contributed by atoms with Gasteiger partial charge < -0.3 is 4.74 Å². The molecule has 0 bridgehead atoms. The molecule has 0 aliphatic carbocycles. The van der Waals surface area contributed by atoms with E-state index >= 15 is 0 Å². The maximum atomic E-state index is 11.3. The van der Waals surface area contributed by atoms with Crippen LogP contribution in [0.15, 0.2) is 6.07 Å². The lowest BCUT2D eigenvalue weighted by Crippen LogP contribution is -2.09. The number of thiophene rings is 1. The third kappa shape index (κ3) is 2.86. The number of carbonyl (C=O) groups excluding carboxylic acids is 1. The lowest BCUT2D eigenvalue weighted by atomic mass is 10.4. The minimum Gasteiger partial charge on any atom is -0.459 e. The Kier molecular flexibility index (Phi) is 3.59. The number of carbonyl (C=O) groups is 1. The summed E-state index contributed by atoms with van der Waals surface area (Å²) in [6.07, 6.45) is -0.132. The van der Waals surface area contributed by atoms with E-state index in [9.17, 15) is 4.79 Å². The molecule has 1 heterocycles. The highest BCUT2D eigenvalue weighted by atomic mass is 35.5. The van der Waals surface area contributed by atoms with Crippen molar-refractivity contribution < 1.29 is 9.53 Å². The second-order valence-electron chi connectivity index (χ2n) is 2.69. The van der Waals surface area contributed by atoms with Gasteiger partial charge >= 0.3 is 5.97 Å². The maximum Gasteiger partial charge on any atom is 0.348 e. The summed E-state index contributed by atoms with van der Waals surface area (Å²) in [5.41, 5.74) is 0. The van der Waals surface area contributed by atoms with Crippen molar-refractivity contribution in [2.45, 2.75) is 20.0 Å².